The van der Waals surface area contributed by atoms with Crippen LogP contribution < -0.4 is 5.32 Å². The zero-order chi connectivity index (χ0) is 20.4. The third-order valence-electron chi connectivity index (χ3n) is 4.37. The Morgan fingerprint density at radius 3 is 2.50 bits per heavy atom. The van der Waals surface area contributed by atoms with Gasteiger partial charge in [0.2, 0.25) is 11.8 Å². The number of hydrogen-bond donors (Lipinski definition) is 1. The number of halogens is 2. The van der Waals surface area contributed by atoms with Crippen LogP contribution in [-0.4, -0.2) is 34.2 Å². The molecule has 0 aromatic heterocycles. The van der Waals surface area contributed by atoms with Crippen LogP contribution in [0.2, 0.25) is 10.0 Å². The van der Waals surface area contributed by atoms with Crippen LogP contribution in [0.4, 0.5) is 11.4 Å². The van der Waals surface area contributed by atoms with Gasteiger partial charge in [0.05, 0.1) is 5.69 Å². The minimum Gasteiger partial charge on any atom is -0.326 e. The average molecular weight is 436 g/mol. The van der Waals surface area contributed by atoms with Gasteiger partial charge in [-0.15, -0.1) is 0 Å². The van der Waals surface area contributed by atoms with Crippen molar-refractivity contribution in [3.63, 3.8) is 0 Å². The maximum atomic E-state index is 12.6. The van der Waals surface area contributed by atoms with Crippen molar-refractivity contribution in [2.45, 2.75) is 25.5 Å². The number of thioether (sulfide) groups is 1. The molecular formula is C20H19Cl2N3O2S. The van der Waals surface area contributed by atoms with E-state index in [0.29, 0.717) is 26.6 Å². The third-order valence-corrected chi connectivity index (χ3v) is 6.07. The molecule has 2 aromatic rings. The van der Waals surface area contributed by atoms with E-state index in [1.54, 1.807) is 31.3 Å². The minimum atomic E-state index is -0.525. The van der Waals surface area contributed by atoms with E-state index in [4.69, 9.17) is 23.2 Å². The molecule has 0 unspecified atom stereocenters. The Morgan fingerprint density at radius 2 is 1.79 bits per heavy atom. The SMILES string of the molecule is Cc1ccc(Cl)cc1N=C1S[C@@H](CC(=O)Nc2cc(Cl)ccc2C)C(=O)N1C. The number of anilines is 1. The Bertz CT molecular complexity index is 978. The van der Waals surface area contributed by atoms with Crippen molar-refractivity contribution in [1.82, 2.24) is 4.90 Å². The molecule has 0 radical (unpaired) electrons. The smallest absolute Gasteiger partial charge is 0.242 e. The first-order valence-corrected chi connectivity index (χ1v) is 10.2. The van der Waals surface area contributed by atoms with Crippen LogP contribution in [0.3, 0.4) is 0 Å². The van der Waals surface area contributed by atoms with Gasteiger partial charge in [-0.1, -0.05) is 47.1 Å². The maximum absolute atomic E-state index is 12.6. The number of aliphatic imine (C=N–C) groups is 1. The molecule has 0 spiro atoms. The van der Waals surface area contributed by atoms with Gasteiger partial charge >= 0.3 is 0 Å². The second-order valence-electron chi connectivity index (χ2n) is 6.54. The van der Waals surface area contributed by atoms with E-state index in [0.717, 1.165) is 11.1 Å². The Hall–Kier alpha value is -2.02. The molecule has 1 atom stereocenters. The summed E-state index contributed by atoms with van der Waals surface area (Å²) in [5, 5.41) is 3.97. The van der Waals surface area contributed by atoms with E-state index >= 15 is 0 Å². The van der Waals surface area contributed by atoms with E-state index in [1.807, 2.05) is 26.0 Å². The van der Waals surface area contributed by atoms with Crippen LogP contribution in [0.25, 0.3) is 0 Å². The predicted molar refractivity (Wildman–Crippen MR) is 117 cm³/mol. The first kappa shape index (κ1) is 20.7. The largest absolute Gasteiger partial charge is 0.326 e. The number of amides is 2. The highest BCUT2D eigenvalue weighted by atomic mass is 35.5. The second kappa shape index (κ2) is 8.55. The van der Waals surface area contributed by atoms with E-state index in [2.05, 4.69) is 10.3 Å². The van der Waals surface area contributed by atoms with Crippen molar-refractivity contribution >= 4 is 63.3 Å². The Morgan fingerprint density at radius 1 is 1.14 bits per heavy atom. The van der Waals surface area contributed by atoms with Gasteiger partial charge in [-0.3, -0.25) is 14.5 Å². The van der Waals surface area contributed by atoms with Gasteiger partial charge < -0.3 is 5.32 Å². The van der Waals surface area contributed by atoms with E-state index in [9.17, 15) is 9.59 Å². The molecule has 3 rings (SSSR count). The molecule has 1 heterocycles. The molecule has 2 aromatic carbocycles. The summed E-state index contributed by atoms with van der Waals surface area (Å²) in [6, 6.07) is 10.7. The van der Waals surface area contributed by atoms with Gasteiger partial charge in [-0.25, -0.2) is 4.99 Å². The van der Waals surface area contributed by atoms with Gasteiger partial charge in [0.25, 0.3) is 0 Å². The van der Waals surface area contributed by atoms with Crippen LogP contribution in [-0.2, 0) is 9.59 Å². The zero-order valence-corrected chi connectivity index (χ0v) is 18.0. The standard InChI is InChI=1S/C20H19Cl2N3O2S/c1-11-4-6-13(21)8-15(11)23-18(26)10-17-19(27)25(3)20(28-17)24-16-9-14(22)7-5-12(16)2/h4-9,17H,10H2,1-3H3,(H,23,26)/t17-/m0/s1. The van der Waals surface area contributed by atoms with E-state index in [1.165, 1.54) is 16.7 Å². The molecule has 1 fully saturated rings. The number of aryl methyl sites for hydroxylation is 2. The molecule has 2 amide bonds. The molecule has 0 bridgehead atoms. The zero-order valence-electron chi connectivity index (χ0n) is 15.6. The third kappa shape index (κ3) is 4.69. The molecule has 0 aliphatic carbocycles. The number of benzene rings is 2. The number of nitrogens with one attached hydrogen (secondary N) is 1. The van der Waals surface area contributed by atoms with Crippen LogP contribution in [0, 0.1) is 13.8 Å². The molecule has 5 nitrogen and oxygen atoms in total. The average Bonchev–Trinajstić information content (AvgIpc) is 2.89. The quantitative estimate of drug-likeness (QED) is 0.717. The molecule has 1 saturated heterocycles. The van der Waals surface area contributed by atoms with Gasteiger partial charge in [0, 0.05) is 29.2 Å². The summed E-state index contributed by atoms with van der Waals surface area (Å²) in [5.74, 6) is -0.397. The fourth-order valence-corrected chi connectivity index (χ4v) is 4.19. The van der Waals surface area contributed by atoms with Crippen molar-refractivity contribution in [3.8, 4) is 0 Å². The fourth-order valence-electron chi connectivity index (χ4n) is 2.70. The van der Waals surface area contributed by atoms with Crippen LogP contribution >= 0.6 is 35.0 Å². The molecular weight excluding hydrogens is 417 g/mol. The normalized spacial score (nSPS) is 18.0. The molecule has 8 heteroatoms. The lowest BCUT2D eigenvalue weighted by Crippen LogP contribution is -2.30. The summed E-state index contributed by atoms with van der Waals surface area (Å²) < 4.78 is 0. The first-order chi connectivity index (χ1) is 13.2. The highest BCUT2D eigenvalue weighted by molar-refractivity contribution is 8.15. The summed E-state index contributed by atoms with van der Waals surface area (Å²) in [6.07, 6.45) is 0.0489. The monoisotopic (exact) mass is 435 g/mol. The van der Waals surface area contributed by atoms with Crippen molar-refractivity contribution in [1.29, 1.82) is 0 Å². The molecule has 1 aliphatic heterocycles. The molecule has 1 N–H and O–H groups in total. The molecule has 1 aliphatic rings. The van der Waals surface area contributed by atoms with Crippen molar-refractivity contribution in [2.75, 3.05) is 12.4 Å². The number of nitrogens with zero attached hydrogens (tertiary/aromatic N) is 2. The summed E-state index contributed by atoms with van der Waals surface area (Å²) in [5.41, 5.74) is 3.20. The Balaban J connectivity index is 1.73. The molecule has 28 heavy (non-hydrogen) atoms. The van der Waals surface area contributed by atoms with Gasteiger partial charge in [-0.2, -0.15) is 0 Å². The second-order valence-corrected chi connectivity index (χ2v) is 8.58. The van der Waals surface area contributed by atoms with Crippen LogP contribution in [0.1, 0.15) is 17.5 Å². The number of carbonyl (C=O) groups is 2. The summed E-state index contributed by atoms with van der Waals surface area (Å²) in [4.78, 5) is 31.1. The molecule has 0 saturated carbocycles. The van der Waals surface area contributed by atoms with Crippen molar-refractivity contribution < 1.29 is 9.59 Å². The summed E-state index contributed by atoms with van der Waals surface area (Å²) in [7, 11) is 1.66. The first-order valence-electron chi connectivity index (χ1n) is 8.59. The van der Waals surface area contributed by atoms with E-state index in [-0.39, 0.29) is 18.2 Å². The Kier molecular flexibility index (Phi) is 6.33. The minimum absolute atomic E-state index is 0.0489. The Labute approximate surface area is 178 Å². The maximum Gasteiger partial charge on any atom is 0.242 e. The highest BCUT2D eigenvalue weighted by Gasteiger charge is 2.37. The van der Waals surface area contributed by atoms with E-state index < -0.39 is 5.25 Å². The van der Waals surface area contributed by atoms with Crippen LogP contribution in [0.5, 0.6) is 0 Å². The molecule has 146 valence electrons. The summed E-state index contributed by atoms with van der Waals surface area (Å²) in [6.45, 7) is 3.81. The lowest BCUT2D eigenvalue weighted by Gasteiger charge is -2.11. The van der Waals surface area contributed by atoms with Crippen molar-refractivity contribution in [2.24, 2.45) is 4.99 Å². The topological polar surface area (TPSA) is 61.8 Å². The number of carbonyl (C=O) groups excluding carboxylic acids is 2. The lowest BCUT2D eigenvalue weighted by atomic mass is 10.2. The number of amidine groups is 1. The van der Waals surface area contributed by atoms with Gasteiger partial charge in [0.1, 0.15) is 5.25 Å². The lowest BCUT2D eigenvalue weighted by molar-refractivity contribution is -0.127. The highest BCUT2D eigenvalue weighted by Crippen LogP contribution is 2.32. The number of rotatable bonds is 4. The van der Waals surface area contributed by atoms with Gasteiger partial charge in [0.15, 0.2) is 5.17 Å². The summed E-state index contributed by atoms with van der Waals surface area (Å²) >= 11 is 13.3. The van der Waals surface area contributed by atoms with Crippen LogP contribution in [0.15, 0.2) is 41.4 Å². The predicted octanol–water partition coefficient (Wildman–Crippen LogP) is 5.20. The number of hydrogen-bond acceptors (Lipinski definition) is 4. The van der Waals surface area contributed by atoms with Gasteiger partial charge in [-0.05, 0) is 49.2 Å². The fraction of sp³-hybridized carbons (Fsp3) is 0.250. The van der Waals surface area contributed by atoms with Crippen molar-refractivity contribution in [3.05, 3.63) is 57.6 Å².